The van der Waals surface area contributed by atoms with Crippen LogP contribution in [0.2, 0.25) is 0 Å². The molecule has 5 nitrogen and oxygen atoms in total. The Balaban J connectivity index is 1.58. The van der Waals surface area contributed by atoms with Gasteiger partial charge in [0.15, 0.2) is 0 Å². The highest BCUT2D eigenvalue weighted by atomic mass is 16.5. The Hall–Kier alpha value is -3.44. The van der Waals surface area contributed by atoms with Crippen molar-refractivity contribution in [3.8, 4) is 16.9 Å². The van der Waals surface area contributed by atoms with Crippen LogP contribution >= 0.6 is 0 Å². The molecule has 144 valence electrons. The summed E-state index contributed by atoms with van der Waals surface area (Å²) in [6.07, 6.45) is 3.58. The maximum Gasteiger partial charge on any atom is 0.200 e. The van der Waals surface area contributed by atoms with Gasteiger partial charge in [-0.15, -0.1) is 0 Å². The molecule has 5 heteroatoms. The zero-order chi connectivity index (χ0) is 19.8. The molecule has 29 heavy (non-hydrogen) atoms. The quantitative estimate of drug-likeness (QED) is 0.520. The Morgan fingerprint density at radius 1 is 1.03 bits per heavy atom. The van der Waals surface area contributed by atoms with Crippen LogP contribution in [-0.2, 0) is 13.1 Å². The van der Waals surface area contributed by atoms with E-state index in [0.29, 0.717) is 35.6 Å². The predicted molar refractivity (Wildman–Crippen MR) is 112 cm³/mol. The van der Waals surface area contributed by atoms with Gasteiger partial charge in [-0.2, -0.15) is 0 Å². The zero-order valence-electron chi connectivity index (χ0n) is 16.1. The molecule has 0 saturated carbocycles. The minimum atomic E-state index is -0.0102. The van der Waals surface area contributed by atoms with E-state index in [-0.39, 0.29) is 5.43 Å². The molecule has 0 saturated heterocycles. The number of pyridine rings is 1. The van der Waals surface area contributed by atoms with E-state index in [1.54, 1.807) is 12.4 Å². The molecule has 0 amide bonds. The topological polar surface area (TPSA) is 55.6 Å². The standard InChI is InChI=1S/C24H20N2O3/c1-16-22(18-5-3-2-4-6-18)23(27)19-7-8-21-20(24(19)29-16)14-26(15-28-21)13-17-9-11-25-12-10-17/h2-12H,13-15H2,1H3. The number of ether oxygens (including phenoxy) is 1. The van der Waals surface area contributed by atoms with E-state index < -0.39 is 0 Å². The Kier molecular flexibility index (Phi) is 4.37. The lowest BCUT2D eigenvalue weighted by Crippen LogP contribution is -2.31. The number of fused-ring (bicyclic) bond motifs is 3. The van der Waals surface area contributed by atoms with Gasteiger partial charge in [0, 0.05) is 25.5 Å². The highest BCUT2D eigenvalue weighted by Crippen LogP contribution is 2.34. The van der Waals surface area contributed by atoms with E-state index in [0.717, 1.165) is 29.0 Å². The van der Waals surface area contributed by atoms with Crippen molar-refractivity contribution in [2.45, 2.75) is 20.0 Å². The number of rotatable bonds is 3. The number of aryl methyl sites for hydroxylation is 1. The van der Waals surface area contributed by atoms with Crippen LogP contribution in [0.25, 0.3) is 22.1 Å². The molecule has 2 aromatic carbocycles. The third-order valence-corrected chi connectivity index (χ3v) is 5.30. The van der Waals surface area contributed by atoms with Crippen LogP contribution in [0.4, 0.5) is 0 Å². The summed E-state index contributed by atoms with van der Waals surface area (Å²) in [6, 6.07) is 17.3. The minimum Gasteiger partial charge on any atom is -0.478 e. The van der Waals surface area contributed by atoms with E-state index in [1.807, 2.05) is 61.5 Å². The molecule has 5 rings (SSSR count). The molecule has 1 aliphatic rings. The summed E-state index contributed by atoms with van der Waals surface area (Å²) in [4.78, 5) is 19.5. The number of aromatic nitrogens is 1. The summed E-state index contributed by atoms with van der Waals surface area (Å²) in [5.41, 5.74) is 4.17. The smallest absolute Gasteiger partial charge is 0.200 e. The fourth-order valence-electron chi connectivity index (χ4n) is 3.91. The molecule has 0 aliphatic carbocycles. The van der Waals surface area contributed by atoms with Gasteiger partial charge in [-0.05, 0) is 42.3 Å². The van der Waals surface area contributed by atoms with Crippen LogP contribution in [0.15, 0.2) is 76.2 Å². The Morgan fingerprint density at radius 3 is 2.62 bits per heavy atom. The van der Waals surface area contributed by atoms with Crippen LogP contribution < -0.4 is 10.2 Å². The van der Waals surface area contributed by atoms with E-state index >= 15 is 0 Å². The highest BCUT2D eigenvalue weighted by molar-refractivity contribution is 5.86. The van der Waals surface area contributed by atoms with Gasteiger partial charge in [0.2, 0.25) is 5.43 Å². The van der Waals surface area contributed by atoms with Crippen LogP contribution in [0.1, 0.15) is 16.9 Å². The van der Waals surface area contributed by atoms with Crippen molar-refractivity contribution in [2.75, 3.05) is 6.73 Å². The molecule has 0 N–H and O–H groups in total. The lowest BCUT2D eigenvalue weighted by atomic mass is 10.0. The number of nitrogens with zero attached hydrogens (tertiary/aromatic N) is 2. The molecule has 0 bridgehead atoms. The minimum absolute atomic E-state index is 0.0102. The molecule has 3 heterocycles. The molecule has 0 fully saturated rings. The van der Waals surface area contributed by atoms with Gasteiger partial charge in [0.05, 0.1) is 16.5 Å². The fraction of sp³-hybridized carbons (Fsp3) is 0.167. The highest BCUT2D eigenvalue weighted by Gasteiger charge is 2.24. The molecular weight excluding hydrogens is 364 g/mol. The molecule has 0 unspecified atom stereocenters. The summed E-state index contributed by atoms with van der Waals surface area (Å²) in [5, 5.41) is 0.586. The second-order valence-electron chi connectivity index (χ2n) is 7.26. The van der Waals surface area contributed by atoms with E-state index in [1.165, 1.54) is 0 Å². The van der Waals surface area contributed by atoms with Crippen molar-refractivity contribution in [3.05, 3.63) is 94.1 Å². The molecule has 2 aromatic heterocycles. The Morgan fingerprint density at radius 2 is 1.83 bits per heavy atom. The van der Waals surface area contributed by atoms with Crippen molar-refractivity contribution < 1.29 is 9.15 Å². The third kappa shape index (κ3) is 3.19. The normalized spacial score (nSPS) is 13.8. The van der Waals surface area contributed by atoms with Crippen LogP contribution in [0.3, 0.4) is 0 Å². The third-order valence-electron chi connectivity index (χ3n) is 5.30. The first-order chi connectivity index (χ1) is 14.2. The van der Waals surface area contributed by atoms with Gasteiger partial charge in [-0.25, -0.2) is 0 Å². The largest absolute Gasteiger partial charge is 0.478 e. The van der Waals surface area contributed by atoms with Gasteiger partial charge in [0.1, 0.15) is 23.8 Å². The van der Waals surface area contributed by atoms with Gasteiger partial charge in [-0.1, -0.05) is 30.3 Å². The van der Waals surface area contributed by atoms with Gasteiger partial charge < -0.3 is 9.15 Å². The molecule has 0 atom stereocenters. The molecule has 4 aromatic rings. The summed E-state index contributed by atoms with van der Waals surface area (Å²) in [7, 11) is 0. The first kappa shape index (κ1) is 17.6. The maximum absolute atomic E-state index is 13.3. The van der Waals surface area contributed by atoms with Crippen molar-refractivity contribution in [1.29, 1.82) is 0 Å². The Labute approximate surface area is 168 Å². The lowest BCUT2D eigenvalue weighted by molar-refractivity contribution is 0.0889. The van der Waals surface area contributed by atoms with Crippen LogP contribution in [-0.4, -0.2) is 16.6 Å². The Bertz CT molecular complexity index is 1230. The summed E-state index contributed by atoms with van der Waals surface area (Å²) in [6.45, 7) is 3.73. The van der Waals surface area contributed by atoms with Crippen molar-refractivity contribution in [1.82, 2.24) is 9.88 Å². The van der Waals surface area contributed by atoms with E-state index in [9.17, 15) is 4.79 Å². The van der Waals surface area contributed by atoms with Crippen molar-refractivity contribution in [2.24, 2.45) is 0 Å². The first-order valence-corrected chi connectivity index (χ1v) is 9.59. The molecule has 0 spiro atoms. The average Bonchev–Trinajstić information content (AvgIpc) is 2.75. The number of hydrogen-bond donors (Lipinski definition) is 0. The second-order valence-corrected chi connectivity index (χ2v) is 7.26. The number of benzene rings is 2. The number of hydrogen-bond acceptors (Lipinski definition) is 5. The van der Waals surface area contributed by atoms with Gasteiger partial charge in [-0.3, -0.25) is 14.7 Å². The van der Waals surface area contributed by atoms with Crippen molar-refractivity contribution in [3.63, 3.8) is 0 Å². The molecule has 0 radical (unpaired) electrons. The fourth-order valence-corrected chi connectivity index (χ4v) is 3.91. The molecular formula is C24H20N2O3. The SMILES string of the molecule is Cc1oc2c3c(ccc2c(=O)c1-c1ccccc1)OCN(Cc1ccncc1)C3. The zero-order valence-corrected chi connectivity index (χ0v) is 16.1. The van der Waals surface area contributed by atoms with Gasteiger partial charge >= 0.3 is 0 Å². The van der Waals surface area contributed by atoms with Gasteiger partial charge in [0.25, 0.3) is 0 Å². The van der Waals surface area contributed by atoms with E-state index in [2.05, 4.69) is 9.88 Å². The summed E-state index contributed by atoms with van der Waals surface area (Å²) in [5.74, 6) is 1.40. The monoisotopic (exact) mass is 384 g/mol. The molecule has 1 aliphatic heterocycles. The second kappa shape index (κ2) is 7.18. The van der Waals surface area contributed by atoms with Crippen LogP contribution in [0, 0.1) is 6.92 Å². The maximum atomic E-state index is 13.3. The van der Waals surface area contributed by atoms with Crippen molar-refractivity contribution >= 4 is 11.0 Å². The lowest BCUT2D eigenvalue weighted by Gasteiger charge is -2.29. The van der Waals surface area contributed by atoms with E-state index in [4.69, 9.17) is 9.15 Å². The van der Waals surface area contributed by atoms with Crippen LogP contribution in [0.5, 0.6) is 5.75 Å². The summed E-state index contributed by atoms with van der Waals surface area (Å²) >= 11 is 0. The predicted octanol–water partition coefficient (Wildman–Crippen LogP) is 4.52. The first-order valence-electron chi connectivity index (χ1n) is 9.59. The summed E-state index contributed by atoms with van der Waals surface area (Å²) < 4.78 is 12.2. The average molecular weight is 384 g/mol.